The van der Waals surface area contributed by atoms with Crippen LogP contribution in [0.1, 0.15) is 25.0 Å². The van der Waals surface area contributed by atoms with Crippen LogP contribution in [0.25, 0.3) is 6.08 Å². The summed E-state index contributed by atoms with van der Waals surface area (Å²) in [5, 5.41) is 19.2. The average molecular weight is 543 g/mol. The number of aryl methyl sites for hydroxylation is 1. The van der Waals surface area contributed by atoms with E-state index in [1.807, 2.05) is 44.2 Å². The molecule has 1 aromatic heterocycles. The molecular formula is C25H26N4O6S2. The highest BCUT2D eigenvalue weighted by molar-refractivity contribution is 7.93. The van der Waals surface area contributed by atoms with Crippen molar-refractivity contribution >= 4 is 38.3 Å². The molecule has 1 N–H and O–H groups in total. The van der Waals surface area contributed by atoms with Gasteiger partial charge in [0.25, 0.3) is 5.91 Å². The third-order valence-corrected chi connectivity index (χ3v) is 7.87. The van der Waals surface area contributed by atoms with Crippen molar-refractivity contribution in [2.24, 2.45) is 0 Å². The number of nitrogens with zero attached hydrogens (tertiary/aromatic N) is 3. The fourth-order valence-electron chi connectivity index (χ4n) is 2.94. The highest BCUT2D eigenvalue weighted by atomic mass is 32.2. The third kappa shape index (κ3) is 7.77. The molecule has 0 saturated carbocycles. The largest absolute Gasteiger partial charge is 0.490 e. The van der Waals surface area contributed by atoms with Gasteiger partial charge < -0.3 is 14.2 Å². The Kier molecular flexibility index (Phi) is 9.59. The summed E-state index contributed by atoms with van der Waals surface area (Å²) >= 11 is 0.721. The zero-order valence-corrected chi connectivity index (χ0v) is 22.2. The Morgan fingerprint density at radius 3 is 2.46 bits per heavy atom. The first-order valence-electron chi connectivity index (χ1n) is 11.3. The summed E-state index contributed by atoms with van der Waals surface area (Å²) in [6.07, 6.45) is 1.38. The minimum atomic E-state index is -3.55. The number of nitriles is 1. The molecule has 0 atom stereocenters. The summed E-state index contributed by atoms with van der Waals surface area (Å²) in [4.78, 5) is 12.6. The minimum Gasteiger partial charge on any atom is -0.490 e. The lowest BCUT2D eigenvalue weighted by Crippen LogP contribution is -2.13. The number of carbonyl (C=O) groups is 1. The molecule has 194 valence electrons. The highest BCUT2D eigenvalue weighted by Crippen LogP contribution is 2.30. The molecule has 12 heteroatoms. The standard InChI is InChI=1S/C25H26N4O6S2/c1-4-33-22-15-18(8-11-21(22)35-13-12-34-20-9-6-17(3)7-10-20)14-19(16-26)23(30)27-24-28-29-25(36-24)37(31,32)5-2/h6-11,14-15H,4-5,12-13H2,1-3H3,(H,27,28,30)/b19-14-. The van der Waals surface area contributed by atoms with Gasteiger partial charge in [-0.3, -0.25) is 10.1 Å². The van der Waals surface area contributed by atoms with E-state index < -0.39 is 15.7 Å². The maximum atomic E-state index is 12.6. The SMILES string of the molecule is CCOc1cc(/C=C(/C#N)C(=O)Nc2nnc(S(=O)(=O)CC)s2)ccc1OCCOc1ccc(C)cc1. The number of carbonyl (C=O) groups excluding carboxylic acids is 1. The maximum absolute atomic E-state index is 12.6. The molecule has 0 fully saturated rings. The van der Waals surface area contributed by atoms with Gasteiger partial charge in [-0.05, 0) is 49.8 Å². The van der Waals surface area contributed by atoms with Crippen LogP contribution in [0.4, 0.5) is 5.13 Å². The second-order valence-corrected chi connectivity index (χ2v) is 11.0. The number of aromatic nitrogens is 2. The van der Waals surface area contributed by atoms with Crippen LogP contribution in [0.5, 0.6) is 17.2 Å². The molecule has 0 bridgehead atoms. The van der Waals surface area contributed by atoms with Gasteiger partial charge in [-0.1, -0.05) is 42.0 Å². The number of hydrogen-bond donors (Lipinski definition) is 1. The van der Waals surface area contributed by atoms with E-state index >= 15 is 0 Å². The van der Waals surface area contributed by atoms with E-state index in [0.29, 0.717) is 30.3 Å². The van der Waals surface area contributed by atoms with Gasteiger partial charge in [0, 0.05) is 0 Å². The second-order valence-electron chi connectivity index (χ2n) is 7.55. The lowest BCUT2D eigenvalue weighted by Gasteiger charge is -2.13. The molecule has 1 amide bonds. The van der Waals surface area contributed by atoms with E-state index in [0.717, 1.165) is 22.6 Å². The van der Waals surface area contributed by atoms with Crippen LogP contribution in [-0.2, 0) is 14.6 Å². The summed E-state index contributed by atoms with van der Waals surface area (Å²) in [5.41, 5.74) is 1.47. The van der Waals surface area contributed by atoms with Gasteiger partial charge in [0.15, 0.2) is 11.5 Å². The fraction of sp³-hybridized carbons (Fsp3) is 0.280. The van der Waals surface area contributed by atoms with Gasteiger partial charge >= 0.3 is 0 Å². The number of anilines is 1. The minimum absolute atomic E-state index is 0.0233. The van der Waals surface area contributed by atoms with Crippen molar-refractivity contribution in [2.45, 2.75) is 25.1 Å². The van der Waals surface area contributed by atoms with Crippen molar-refractivity contribution in [2.75, 3.05) is 30.9 Å². The Morgan fingerprint density at radius 1 is 1.05 bits per heavy atom. The molecule has 0 aliphatic heterocycles. The third-order valence-electron chi connectivity index (χ3n) is 4.85. The zero-order chi connectivity index (χ0) is 26.8. The number of ether oxygens (including phenoxy) is 3. The molecule has 1 heterocycles. The molecule has 3 rings (SSSR count). The van der Waals surface area contributed by atoms with Crippen LogP contribution >= 0.6 is 11.3 Å². The van der Waals surface area contributed by atoms with E-state index in [1.54, 1.807) is 18.2 Å². The topological polar surface area (TPSA) is 140 Å². The smallest absolute Gasteiger partial charge is 0.268 e. The molecular weight excluding hydrogens is 516 g/mol. The van der Waals surface area contributed by atoms with E-state index in [1.165, 1.54) is 13.0 Å². The summed E-state index contributed by atoms with van der Waals surface area (Å²) < 4.78 is 40.8. The van der Waals surface area contributed by atoms with Crippen LogP contribution in [0.15, 0.2) is 52.4 Å². The van der Waals surface area contributed by atoms with Crippen LogP contribution in [-0.4, -0.2) is 50.1 Å². The van der Waals surface area contributed by atoms with Crippen LogP contribution in [0.3, 0.4) is 0 Å². The van der Waals surface area contributed by atoms with Gasteiger partial charge in [0.2, 0.25) is 19.3 Å². The lowest BCUT2D eigenvalue weighted by atomic mass is 10.1. The van der Waals surface area contributed by atoms with E-state index in [2.05, 4.69) is 15.5 Å². The summed E-state index contributed by atoms with van der Waals surface area (Å²) in [7, 11) is -3.55. The summed E-state index contributed by atoms with van der Waals surface area (Å²) in [6.45, 7) is 6.32. The predicted octanol–water partition coefficient (Wildman–Crippen LogP) is 4.04. The zero-order valence-electron chi connectivity index (χ0n) is 20.6. The number of hydrogen-bond acceptors (Lipinski definition) is 10. The Labute approximate surface area is 219 Å². The monoisotopic (exact) mass is 542 g/mol. The molecule has 37 heavy (non-hydrogen) atoms. The van der Waals surface area contributed by atoms with E-state index in [4.69, 9.17) is 14.2 Å². The molecule has 0 spiro atoms. The number of amides is 1. The molecule has 0 radical (unpaired) electrons. The van der Waals surface area contributed by atoms with E-state index in [-0.39, 0.29) is 27.4 Å². The molecule has 10 nitrogen and oxygen atoms in total. The first-order valence-corrected chi connectivity index (χ1v) is 13.8. The molecule has 0 unspecified atom stereocenters. The van der Waals surface area contributed by atoms with Crippen molar-refractivity contribution in [1.29, 1.82) is 5.26 Å². The highest BCUT2D eigenvalue weighted by Gasteiger charge is 2.20. The Hall–Kier alpha value is -3.95. The van der Waals surface area contributed by atoms with Crippen LogP contribution in [0, 0.1) is 18.3 Å². The quantitative estimate of drug-likeness (QED) is 0.155. The van der Waals surface area contributed by atoms with Gasteiger partial charge in [-0.25, -0.2) is 8.42 Å². The van der Waals surface area contributed by atoms with Gasteiger partial charge in [-0.2, -0.15) is 5.26 Å². The van der Waals surface area contributed by atoms with E-state index in [9.17, 15) is 18.5 Å². The number of rotatable bonds is 12. The van der Waals surface area contributed by atoms with Crippen molar-refractivity contribution in [1.82, 2.24) is 10.2 Å². The first-order chi connectivity index (χ1) is 17.7. The Bertz CT molecular complexity index is 1410. The molecule has 0 aliphatic carbocycles. The van der Waals surface area contributed by atoms with Gasteiger partial charge in [0.1, 0.15) is 30.6 Å². The maximum Gasteiger partial charge on any atom is 0.268 e. The summed E-state index contributed by atoms with van der Waals surface area (Å²) in [5.74, 6) is 0.806. The molecule has 3 aromatic rings. The van der Waals surface area contributed by atoms with Gasteiger partial charge in [0.05, 0.1) is 12.4 Å². The first kappa shape index (κ1) is 27.6. The fourth-order valence-corrected chi connectivity index (χ4v) is 4.92. The number of nitrogens with one attached hydrogen (secondary N) is 1. The Balaban J connectivity index is 1.67. The average Bonchev–Trinajstić information content (AvgIpc) is 3.36. The normalized spacial score (nSPS) is 11.5. The predicted molar refractivity (Wildman–Crippen MR) is 140 cm³/mol. The second kappa shape index (κ2) is 12.8. The molecule has 2 aromatic carbocycles. The van der Waals surface area contributed by atoms with Crippen LogP contribution in [0.2, 0.25) is 0 Å². The lowest BCUT2D eigenvalue weighted by molar-refractivity contribution is -0.112. The van der Waals surface area contributed by atoms with Crippen molar-refractivity contribution in [3.63, 3.8) is 0 Å². The van der Waals surface area contributed by atoms with Crippen molar-refractivity contribution in [3.8, 4) is 23.3 Å². The number of sulfone groups is 1. The summed E-state index contributed by atoms with van der Waals surface area (Å²) in [6, 6.07) is 14.6. The van der Waals surface area contributed by atoms with Crippen molar-refractivity contribution in [3.05, 3.63) is 59.2 Å². The Morgan fingerprint density at radius 2 is 1.78 bits per heavy atom. The van der Waals surface area contributed by atoms with Gasteiger partial charge in [-0.15, -0.1) is 10.2 Å². The molecule has 0 aliphatic rings. The molecule has 0 saturated heterocycles. The number of benzene rings is 2. The van der Waals surface area contributed by atoms with Crippen LogP contribution < -0.4 is 19.5 Å². The van der Waals surface area contributed by atoms with Crippen molar-refractivity contribution < 1.29 is 27.4 Å².